The van der Waals surface area contributed by atoms with E-state index >= 15 is 0 Å². The minimum Gasteiger partial charge on any atom is -0.379 e. The van der Waals surface area contributed by atoms with Crippen LogP contribution in [-0.4, -0.2) is 31.8 Å². The van der Waals surface area contributed by atoms with Gasteiger partial charge in [0.15, 0.2) is 0 Å². The quantitative estimate of drug-likeness (QED) is 0.256. The van der Waals surface area contributed by atoms with Crippen LogP contribution in [0, 0.1) is 0 Å². The second-order valence-corrected chi connectivity index (χ2v) is 2.99. The average molecular weight is 204 g/mol. The Hall–Kier alpha value is -0.650. The molecule has 0 heterocycles. The van der Waals surface area contributed by atoms with E-state index in [0.717, 1.165) is 19.4 Å². The number of nitrogens with one attached hydrogen (secondary N) is 1. The third-order valence-corrected chi connectivity index (χ3v) is 1.75. The van der Waals surface area contributed by atoms with E-state index in [1.54, 1.807) is 6.92 Å². The maximum absolute atomic E-state index is 10.9. The summed E-state index contributed by atoms with van der Waals surface area (Å²) in [6, 6.07) is 0. The Morgan fingerprint density at radius 1 is 1.43 bits per heavy atom. The van der Waals surface area contributed by atoms with Crippen LogP contribution < -0.4 is 11.3 Å². The fourth-order valence-corrected chi connectivity index (χ4v) is 0.825. The lowest BCUT2D eigenvalue weighted by Crippen LogP contribution is -2.39. The van der Waals surface area contributed by atoms with Crippen molar-refractivity contribution in [1.82, 2.24) is 5.43 Å². The fraction of sp³-hybridized carbons (Fsp3) is 0.889. The topological polar surface area (TPSA) is 73.6 Å². The summed E-state index contributed by atoms with van der Waals surface area (Å²) in [5.74, 6) is 4.61. The summed E-state index contributed by atoms with van der Waals surface area (Å²) in [5.41, 5.74) is 2.02. The molecular weight excluding hydrogens is 184 g/mol. The maximum Gasteiger partial charge on any atom is 0.262 e. The van der Waals surface area contributed by atoms with Gasteiger partial charge in [-0.3, -0.25) is 10.2 Å². The highest BCUT2D eigenvalue weighted by Crippen LogP contribution is 1.91. The molecule has 0 aliphatic carbocycles. The second kappa shape index (κ2) is 8.93. The normalized spacial score (nSPS) is 12.5. The molecule has 0 fully saturated rings. The van der Waals surface area contributed by atoms with Crippen LogP contribution in [0.1, 0.15) is 26.7 Å². The summed E-state index contributed by atoms with van der Waals surface area (Å²) in [5, 5.41) is 0. The summed E-state index contributed by atoms with van der Waals surface area (Å²) in [7, 11) is 0. The Morgan fingerprint density at radius 2 is 2.14 bits per heavy atom. The van der Waals surface area contributed by atoms with E-state index in [4.69, 9.17) is 15.3 Å². The van der Waals surface area contributed by atoms with Gasteiger partial charge in [0.05, 0.1) is 13.2 Å². The molecule has 84 valence electrons. The number of rotatable bonds is 8. The van der Waals surface area contributed by atoms with Crippen LogP contribution >= 0.6 is 0 Å². The van der Waals surface area contributed by atoms with Gasteiger partial charge in [0, 0.05) is 6.61 Å². The highest BCUT2D eigenvalue weighted by atomic mass is 16.5. The Kier molecular flexibility index (Phi) is 8.51. The highest BCUT2D eigenvalue weighted by molar-refractivity contribution is 5.79. The number of carbonyl (C=O) groups excluding carboxylic acids is 1. The van der Waals surface area contributed by atoms with Crippen LogP contribution in [0.2, 0.25) is 0 Å². The first-order chi connectivity index (χ1) is 6.72. The summed E-state index contributed by atoms with van der Waals surface area (Å²) in [4.78, 5) is 10.9. The van der Waals surface area contributed by atoms with Crippen molar-refractivity contribution >= 4 is 5.91 Å². The monoisotopic (exact) mass is 204 g/mol. The number of carbonyl (C=O) groups is 1. The molecule has 14 heavy (non-hydrogen) atoms. The molecular formula is C9H20N2O3. The smallest absolute Gasteiger partial charge is 0.262 e. The van der Waals surface area contributed by atoms with Crippen LogP contribution in [0.4, 0.5) is 0 Å². The predicted octanol–water partition coefficient (Wildman–Crippen LogP) is 0.198. The van der Waals surface area contributed by atoms with E-state index in [2.05, 4.69) is 6.92 Å². The molecule has 5 nitrogen and oxygen atoms in total. The van der Waals surface area contributed by atoms with Gasteiger partial charge in [0.2, 0.25) is 0 Å². The molecule has 5 heteroatoms. The summed E-state index contributed by atoms with van der Waals surface area (Å²) < 4.78 is 10.4. The fourth-order valence-electron chi connectivity index (χ4n) is 0.825. The Labute approximate surface area is 84.9 Å². The number of nitrogens with two attached hydrogens (primary N) is 1. The van der Waals surface area contributed by atoms with E-state index in [0.29, 0.717) is 13.2 Å². The lowest BCUT2D eigenvalue weighted by molar-refractivity contribution is -0.132. The highest BCUT2D eigenvalue weighted by Gasteiger charge is 2.10. The van der Waals surface area contributed by atoms with Crippen LogP contribution in [0.5, 0.6) is 0 Å². The first-order valence-electron chi connectivity index (χ1n) is 4.92. The molecule has 0 saturated carbocycles. The Balaban J connectivity index is 3.23. The van der Waals surface area contributed by atoms with Gasteiger partial charge in [-0.15, -0.1) is 0 Å². The molecule has 0 aromatic rings. The zero-order chi connectivity index (χ0) is 10.8. The molecule has 1 unspecified atom stereocenters. The van der Waals surface area contributed by atoms with Crippen LogP contribution in [-0.2, 0) is 14.3 Å². The first kappa shape index (κ1) is 13.4. The lowest BCUT2D eigenvalue weighted by Gasteiger charge is -2.11. The minimum atomic E-state index is -0.519. The van der Waals surface area contributed by atoms with Crippen molar-refractivity contribution in [3.05, 3.63) is 0 Å². The van der Waals surface area contributed by atoms with Crippen molar-refractivity contribution in [2.24, 2.45) is 5.84 Å². The average Bonchev–Trinajstić information content (AvgIpc) is 2.21. The summed E-state index contributed by atoms with van der Waals surface area (Å²) >= 11 is 0. The van der Waals surface area contributed by atoms with Crippen LogP contribution in [0.15, 0.2) is 0 Å². The van der Waals surface area contributed by atoms with Gasteiger partial charge in [-0.2, -0.15) is 0 Å². The van der Waals surface area contributed by atoms with Crippen molar-refractivity contribution in [3.8, 4) is 0 Å². The molecule has 0 rings (SSSR count). The molecule has 1 amide bonds. The molecule has 0 aromatic carbocycles. The number of amides is 1. The van der Waals surface area contributed by atoms with Crippen LogP contribution in [0.3, 0.4) is 0 Å². The van der Waals surface area contributed by atoms with E-state index < -0.39 is 6.10 Å². The van der Waals surface area contributed by atoms with Gasteiger partial charge in [-0.05, 0) is 13.3 Å². The van der Waals surface area contributed by atoms with Gasteiger partial charge < -0.3 is 9.47 Å². The Morgan fingerprint density at radius 3 is 2.71 bits per heavy atom. The number of hydrogen-bond donors (Lipinski definition) is 2. The van der Waals surface area contributed by atoms with Gasteiger partial charge in [-0.25, -0.2) is 5.84 Å². The molecule has 0 bridgehead atoms. The van der Waals surface area contributed by atoms with Gasteiger partial charge >= 0.3 is 0 Å². The molecule has 3 N–H and O–H groups in total. The minimum absolute atomic E-state index is 0.321. The summed E-state index contributed by atoms with van der Waals surface area (Å²) in [6.45, 7) is 5.43. The number of ether oxygens (including phenoxy) is 2. The SMILES string of the molecule is CCCCOCCOC(C)C(=O)NN. The third-order valence-electron chi connectivity index (χ3n) is 1.75. The summed E-state index contributed by atoms with van der Waals surface area (Å²) in [6.07, 6.45) is 1.65. The molecule has 0 spiro atoms. The van der Waals surface area contributed by atoms with E-state index in [9.17, 15) is 4.79 Å². The molecule has 0 radical (unpaired) electrons. The predicted molar refractivity (Wildman–Crippen MR) is 53.5 cm³/mol. The molecule has 0 saturated heterocycles. The van der Waals surface area contributed by atoms with E-state index in [-0.39, 0.29) is 5.91 Å². The lowest BCUT2D eigenvalue weighted by atomic mass is 10.4. The number of hydrazine groups is 1. The third kappa shape index (κ3) is 6.82. The largest absolute Gasteiger partial charge is 0.379 e. The van der Waals surface area contributed by atoms with Gasteiger partial charge in [0.25, 0.3) is 5.91 Å². The van der Waals surface area contributed by atoms with Gasteiger partial charge in [0.1, 0.15) is 6.10 Å². The molecule has 1 atom stereocenters. The first-order valence-corrected chi connectivity index (χ1v) is 4.92. The second-order valence-electron chi connectivity index (χ2n) is 2.99. The molecule has 0 aliphatic heterocycles. The van der Waals surface area contributed by atoms with Crippen LogP contribution in [0.25, 0.3) is 0 Å². The molecule has 0 aromatic heterocycles. The zero-order valence-electron chi connectivity index (χ0n) is 8.91. The van der Waals surface area contributed by atoms with Crippen molar-refractivity contribution in [2.75, 3.05) is 19.8 Å². The Bertz CT molecular complexity index is 153. The molecule has 0 aliphatic rings. The van der Waals surface area contributed by atoms with Gasteiger partial charge in [-0.1, -0.05) is 13.3 Å². The number of hydrogen-bond acceptors (Lipinski definition) is 4. The van der Waals surface area contributed by atoms with E-state index in [1.807, 2.05) is 5.43 Å². The van der Waals surface area contributed by atoms with Crippen molar-refractivity contribution in [3.63, 3.8) is 0 Å². The maximum atomic E-state index is 10.9. The number of unbranched alkanes of at least 4 members (excludes halogenated alkanes) is 1. The standard InChI is InChI=1S/C9H20N2O3/c1-3-4-5-13-6-7-14-8(2)9(12)11-10/h8H,3-7,10H2,1-2H3,(H,11,12). The van der Waals surface area contributed by atoms with Crippen molar-refractivity contribution in [2.45, 2.75) is 32.8 Å². The van der Waals surface area contributed by atoms with Crippen molar-refractivity contribution < 1.29 is 14.3 Å². The van der Waals surface area contributed by atoms with Crippen molar-refractivity contribution in [1.29, 1.82) is 0 Å². The zero-order valence-corrected chi connectivity index (χ0v) is 8.91. The van der Waals surface area contributed by atoms with E-state index in [1.165, 1.54) is 0 Å².